The number of nitrogens with zero attached hydrogens (tertiary/aromatic N) is 1. The minimum Gasteiger partial charge on any atom is -0.456 e. The van der Waals surface area contributed by atoms with Gasteiger partial charge in [0.25, 0.3) is 5.91 Å². The van der Waals surface area contributed by atoms with Crippen LogP contribution in [0.4, 0.5) is 0 Å². The van der Waals surface area contributed by atoms with Crippen LogP contribution in [-0.4, -0.2) is 34.9 Å². The van der Waals surface area contributed by atoms with Gasteiger partial charge in [-0.05, 0) is 37.6 Å². The molecule has 0 aliphatic carbocycles. The van der Waals surface area contributed by atoms with E-state index >= 15 is 0 Å². The van der Waals surface area contributed by atoms with E-state index in [0.29, 0.717) is 11.1 Å². The minimum atomic E-state index is -0.915. The highest BCUT2D eigenvalue weighted by atomic mass is 16.5. The van der Waals surface area contributed by atoms with Crippen LogP contribution in [-0.2, 0) is 23.0 Å². The third kappa shape index (κ3) is 5.48. The van der Waals surface area contributed by atoms with Crippen molar-refractivity contribution in [1.29, 1.82) is 0 Å². The average molecular weight is 418 g/mol. The molecule has 1 N–H and O–H groups in total. The maximum atomic E-state index is 12.8. The first-order chi connectivity index (χ1) is 14.9. The molecule has 0 bridgehead atoms. The Kier molecular flexibility index (Phi) is 7.03. The number of aromatic nitrogens is 1. The number of ether oxygens (including phenoxy) is 1. The summed E-state index contributed by atoms with van der Waals surface area (Å²) in [6, 6.07) is 18.9. The lowest BCUT2D eigenvalue weighted by Gasteiger charge is -2.18. The zero-order valence-electron chi connectivity index (χ0n) is 17.9. The molecule has 0 radical (unpaired) electrons. The number of carbonyl (C=O) groups excluding carboxylic acids is 3. The van der Waals surface area contributed by atoms with Gasteiger partial charge in [0.1, 0.15) is 6.04 Å². The van der Waals surface area contributed by atoms with Gasteiger partial charge in [0, 0.05) is 36.0 Å². The van der Waals surface area contributed by atoms with Crippen LogP contribution >= 0.6 is 0 Å². The fourth-order valence-corrected chi connectivity index (χ4v) is 3.33. The first-order valence-corrected chi connectivity index (χ1v) is 10.1. The average Bonchev–Trinajstić information content (AvgIpc) is 3.05. The van der Waals surface area contributed by atoms with Crippen LogP contribution in [0.2, 0.25) is 0 Å². The molecule has 0 saturated heterocycles. The fourth-order valence-electron chi connectivity index (χ4n) is 3.33. The van der Waals surface area contributed by atoms with E-state index in [-0.39, 0.29) is 24.7 Å². The molecule has 0 aliphatic heterocycles. The molecule has 2 aromatic carbocycles. The Morgan fingerprint density at radius 2 is 1.58 bits per heavy atom. The zero-order chi connectivity index (χ0) is 22.4. The van der Waals surface area contributed by atoms with E-state index in [9.17, 15) is 14.4 Å². The number of esters is 1. The first kappa shape index (κ1) is 22.0. The van der Waals surface area contributed by atoms with Gasteiger partial charge in [0.15, 0.2) is 6.61 Å². The number of aryl methyl sites for hydroxylation is 1. The molecule has 1 amide bonds. The predicted molar refractivity (Wildman–Crippen MR) is 118 cm³/mol. The van der Waals surface area contributed by atoms with Crippen molar-refractivity contribution in [2.75, 3.05) is 6.61 Å². The summed E-state index contributed by atoms with van der Waals surface area (Å²) in [5.74, 6) is -1.30. The van der Waals surface area contributed by atoms with E-state index in [1.54, 1.807) is 30.3 Å². The second-order valence-corrected chi connectivity index (χ2v) is 7.46. The van der Waals surface area contributed by atoms with Crippen molar-refractivity contribution in [2.24, 2.45) is 7.05 Å². The second kappa shape index (κ2) is 9.89. The minimum absolute atomic E-state index is 0.260. The number of ketones is 1. The molecule has 6 nitrogen and oxygen atoms in total. The number of nitrogens with one attached hydrogen (secondary N) is 1. The summed E-state index contributed by atoms with van der Waals surface area (Å²) in [6.07, 6.45) is 0.260. The predicted octanol–water partition coefficient (Wildman–Crippen LogP) is 3.41. The molecule has 0 fully saturated rings. The molecular formula is C25H26N2O4. The third-order valence-electron chi connectivity index (χ3n) is 5.33. The van der Waals surface area contributed by atoms with Crippen molar-refractivity contribution < 1.29 is 19.1 Å². The van der Waals surface area contributed by atoms with Crippen molar-refractivity contribution in [2.45, 2.75) is 26.3 Å². The number of carbonyl (C=O) groups is 3. The summed E-state index contributed by atoms with van der Waals surface area (Å²) in [5.41, 5.74) is 3.61. The summed E-state index contributed by atoms with van der Waals surface area (Å²) in [4.78, 5) is 38.0. The summed E-state index contributed by atoms with van der Waals surface area (Å²) in [6.45, 7) is 3.38. The topological polar surface area (TPSA) is 77.4 Å². The molecule has 0 spiro atoms. The number of rotatable bonds is 8. The molecule has 0 saturated carbocycles. The maximum absolute atomic E-state index is 12.8. The molecule has 1 heterocycles. The van der Waals surface area contributed by atoms with E-state index < -0.39 is 12.0 Å². The van der Waals surface area contributed by atoms with Crippen molar-refractivity contribution in [3.05, 3.63) is 94.8 Å². The van der Waals surface area contributed by atoms with Crippen molar-refractivity contribution in [3.8, 4) is 0 Å². The van der Waals surface area contributed by atoms with Crippen LogP contribution in [0.5, 0.6) is 0 Å². The molecular weight excluding hydrogens is 392 g/mol. The van der Waals surface area contributed by atoms with Gasteiger partial charge in [-0.3, -0.25) is 9.59 Å². The normalized spacial score (nSPS) is 11.6. The van der Waals surface area contributed by atoms with Gasteiger partial charge in [0.2, 0.25) is 5.78 Å². The van der Waals surface area contributed by atoms with Gasteiger partial charge in [-0.2, -0.15) is 0 Å². The second-order valence-electron chi connectivity index (χ2n) is 7.46. The highest BCUT2D eigenvalue weighted by Crippen LogP contribution is 2.14. The van der Waals surface area contributed by atoms with E-state index in [2.05, 4.69) is 5.32 Å². The van der Waals surface area contributed by atoms with Gasteiger partial charge in [-0.25, -0.2) is 4.79 Å². The smallest absolute Gasteiger partial charge is 0.329 e. The Morgan fingerprint density at radius 1 is 0.968 bits per heavy atom. The SMILES string of the molecule is Cc1cc(C(=O)COC(=O)[C@H](Cc2ccccc2)NC(=O)c2ccccc2)c(C)n1C. The van der Waals surface area contributed by atoms with E-state index in [0.717, 1.165) is 17.0 Å². The number of Topliss-reactive ketones (excluding diaryl/α,β-unsaturated/α-hetero) is 1. The molecule has 31 heavy (non-hydrogen) atoms. The van der Waals surface area contributed by atoms with Crippen molar-refractivity contribution >= 4 is 17.7 Å². The molecule has 6 heteroatoms. The molecule has 160 valence electrons. The van der Waals surface area contributed by atoms with Crippen molar-refractivity contribution in [3.63, 3.8) is 0 Å². The van der Waals surface area contributed by atoms with Crippen LogP contribution in [0.25, 0.3) is 0 Å². The van der Waals surface area contributed by atoms with E-state index in [1.165, 1.54) is 0 Å². The van der Waals surface area contributed by atoms with Gasteiger partial charge in [-0.15, -0.1) is 0 Å². The largest absolute Gasteiger partial charge is 0.456 e. The number of amides is 1. The van der Waals surface area contributed by atoms with Crippen LogP contribution in [0.15, 0.2) is 66.7 Å². The lowest BCUT2D eigenvalue weighted by Crippen LogP contribution is -2.43. The number of hydrogen-bond acceptors (Lipinski definition) is 4. The van der Waals surface area contributed by atoms with Gasteiger partial charge < -0.3 is 14.6 Å². The zero-order valence-corrected chi connectivity index (χ0v) is 17.9. The fraction of sp³-hybridized carbons (Fsp3) is 0.240. The quantitative estimate of drug-likeness (QED) is 0.449. The third-order valence-corrected chi connectivity index (χ3v) is 5.33. The Hall–Kier alpha value is -3.67. The lowest BCUT2D eigenvalue weighted by molar-refractivity contribution is -0.144. The summed E-state index contributed by atoms with van der Waals surface area (Å²) in [5, 5.41) is 2.74. The highest BCUT2D eigenvalue weighted by molar-refractivity contribution is 6.00. The van der Waals surface area contributed by atoms with Crippen LogP contribution < -0.4 is 5.32 Å². The Labute approximate surface area is 181 Å². The molecule has 0 unspecified atom stereocenters. The first-order valence-electron chi connectivity index (χ1n) is 10.1. The number of hydrogen-bond donors (Lipinski definition) is 1. The molecule has 0 aliphatic rings. The molecule has 1 atom stereocenters. The monoisotopic (exact) mass is 418 g/mol. The Bertz CT molecular complexity index is 1070. The Balaban J connectivity index is 1.71. The van der Waals surface area contributed by atoms with E-state index in [4.69, 9.17) is 4.74 Å². The van der Waals surface area contributed by atoms with Crippen LogP contribution in [0.3, 0.4) is 0 Å². The molecule has 1 aromatic heterocycles. The van der Waals surface area contributed by atoms with Crippen LogP contribution in [0, 0.1) is 13.8 Å². The summed E-state index contributed by atoms with van der Waals surface area (Å²) >= 11 is 0. The van der Waals surface area contributed by atoms with Crippen LogP contribution in [0.1, 0.15) is 37.7 Å². The van der Waals surface area contributed by atoms with E-state index in [1.807, 2.05) is 61.9 Å². The standard InChI is InChI=1S/C25H26N2O4/c1-17-14-21(18(2)27(17)3)23(28)16-31-25(30)22(15-19-10-6-4-7-11-19)26-24(29)20-12-8-5-9-13-20/h4-14,22H,15-16H2,1-3H3,(H,26,29)/t22-/m0/s1. The molecule has 3 aromatic rings. The van der Waals surface area contributed by atoms with Gasteiger partial charge >= 0.3 is 5.97 Å². The highest BCUT2D eigenvalue weighted by Gasteiger charge is 2.25. The van der Waals surface area contributed by atoms with Crippen molar-refractivity contribution in [1.82, 2.24) is 9.88 Å². The van der Waals surface area contributed by atoms with Gasteiger partial charge in [-0.1, -0.05) is 48.5 Å². The van der Waals surface area contributed by atoms with Gasteiger partial charge in [0.05, 0.1) is 0 Å². The Morgan fingerprint density at radius 3 is 2.16 bits per heavy atom. The summed E-state index contributed by atoms with van der Waals surface area (Å²) < 4.78 is 7.23. The summed E-state index contributed by atoms with van der Waals surface area (Å²) in [7, 11) is 1.88. The number of benzene rings is 2. The lowest BCUT2D eigenvalue weighted by atomic mass is 10.1. The maximum Gasteiger partial charge on any atom is 0.329 e. The molecule has 3 rings (SSSR count).